The molecular weight excluding hydrogens is 454 g/mol. The lowest BCUT2D eigenvalue weighted by atomic mass is 10.2. The first kappa shape index (κ1) is 23.0. The van der Waals surface area contributed by atoms with Crippen molar-refractivity contribution >= 4 is 33.3 Å². The van der Waals surface area contributed by atoms with Crippen molar-refractivity contribution in [2.75, 3.05) is 28.9 Å². The van der Waals surface area contributed by atoms with Gasteiger partial charge in [0, 0.05) is 12.2 Å². The molecule has 0 spiro atoms. The fraction of sp³-hybridized carbons (Fsp3) is 0.160. The lowest BCUT2D eigenvalue weighted by Crippen LogP contribution is -2.35. The summed E-state index contributed by atoms with van der Waals surface area (Å²) in [6.45, 7) is -0.476. The second-order valence-corrected chi connectivity index (χ2v) is 9.40. The molecule has 0 N–H and O–H groups in total. The first-order valence-corrected chi connectivity index (χ1v) is 12.0. The number of nitrogens with zero attached hydrogens (tertiary/aromatic N) is 3. The third-order valence-electron chi connectivity index (χ3n) is 5.43. The molecule has 3 aromatic rings. The van der Waals surface area contributed by atoms with Gasteiger partial charge in [-0.1, -0.05) is 42.5 Å². The molecule has 9 heteroatoms. The van der Waals surface area contributed by atoms with Crippen molar-refractivity contribution in [1.82, 2.24) is 0 Å². The Hall–Kier alpha value is -4.16. The summed E-state index contributed by atoms with van der Waals surface area (Å²) in [6, 6.07) is 23.3. The maximum Gasteiger partial charge on any atom is 0.338 e. The number of nitriles is 1. The molecule has 1 amide bonds. The first-order chi connectivity index (χ1) is 16.4. The van der Waals surface area contributed by atoms with E-state index in [2.05, 4.69) is 0 Å². The van der Waals surface area contributed by atoms with E-state index >= 15 is 0 Å². The van der Waals surface area contributed by atoms with Gasteiger partial charge in [0.15, 0.2) is 6.61 Å². The van der Waals surface area contributed by atoms with Crippen LogP contribution in [0.5, 0.6) is 0 Å². The molecule has 4 rings (SSSR count). The second kappa shape index (κ2) is 9.77. The zero-order valence-electron chi connectivity index (χ0n) is 18.1. The molecule has 0 saturated heterocycles. The van der Waals surface area contributed by atoms with Crippen LogP contribution in [0.2, 0.25) is 0 Å². The fourth-order valence-electron chi connectivity index (χ4n) is 3.76. The van der Waals surface area contributed by atoms with Crippen LogP contribution in [-0.4, -0.2) is 40.0 Å². The van der Waals surface area contributed by atoms with Crippen LogP contribution >= 0.6 is 0 Å². The van der Waals surface area contributed by atoms with Crippen LogP contribution in [0.4, 0.5) is 11.4 Å². The number of ether oxygens (including phenoxy) is 1. The van der Waals surface area contributed by atoms with E-state index in [0.29, 0.717) is 24.3 Å². The highest BCUT2D eigenvalue weighted by molar-refractivity contribution is 7.92. The number of anilines is 2. The molecule has 1 heterocycles. The Balaban J connectivity index is 1.48. The number of hydrogen-bond acceptors (Lipinski definition) is 6. The predicted molar refractivity (Wildman–Crippen MR) is 126 cm³/mol. The van der Waals surface area contributed by atoms with Crippen LogP contribution in [0, 0.1) is 11.3 Å². The smallest absolute Gasteiger partial charge is 0.338 e. The molecule has 0 unspecified atom stereocenters. The van der Waals surface area contributed by atoms with E-state index in [1.807, 2.05) is 18.2 Å². The van der Waals surface area contributed by atoms with E-state index in [0.717, 1.165) is 5.56 Å². The molecule has 0 atom stereocenters. The van der Waals surface area contributed by atoms with Crippen LogP contribution in [0.1, 0.15) is 15.9 Å². The van der Waals surface area contributed by atoms with Gasteiger partial charge in [0.2, 0.25) is 0 Å². The van der Waals surface area contributed by atoms with Gasteiger partial charge >= 0.3 is 5.97 Å². The van der Waals surface area contributed by atoms with Crippen LogP contribution in [0.3, 0.4) is 0 Å². The van der Waals surface area contributed by atoms with Gasteiger partial charge in [0.05, 0.1) is 22.2 Å². The Morgan fingerprint density at radius 3 is 2.50 bits per heavy atom. The van der Waals surface area contributed by atoms with Gasteiger partial charge in [-0.2, -0.15) is 5.26 Å². The van der Waals surface area contributed by atoms with Crippen molar-refractivity contribution in [3.8, 4) is 6.07 Å². The minimum absolute atomic E-state index is 0.00732. The first-order valence-electron chi connectivity index (χ1n) is 10.5. The monoisotopic (exact) mass is 475 g/mol. The number of fused-ring (bicyclic) bond motifs is 1. The summed E-state index contributed by atoms with van der Waals surface area (Å²) < 4.78 is 32.9. The van der Waals surface area contributed by atoms with Crippen molar-refractivity contribution in [1.29, 1.82) is 5.26 Å². The van der Waals surface area contributed by atoms with Crippen molar-refractivity contribution in [2.24, 2.45) is 0 Å². The van der Waals surface area contributed by atoms with Gasteiger partial charge in [-0.15, -0.1) is 0 Å². The Morgan fingerprint density at radius 1 is 1.00 bits per heavy atom. The minimum atomic E-state index is -3.88. The topological polar surface area (TPSA) is 108 Å². The molecule has 0 radical (unpaired) electrons. The normalized spacial score (nSPS) is 12.5. The molecule has 8 nitrogen and oxygen atoms in total. The minimum Gasteiger partial charge on any atom is -0.452 e. The van der Waals surface area contributed by atoms with Crippen molar-refractivity contribution in [2.45, 2.75) is 11.3 Å². The van der Waals surface area contributed by atoms with Gasteiger partial charge in [-0.05, 0) is 48.4 Å². The van der Waals surface area contributed by atoms with E-state index in [1.165, 1.54) is 33.5 Å². The largest absolute Gasteiger partial charge is 0.452 e. The summed E-state index contributed by atoms with van der Waals surface area (Å²) >= 11 is 0. The summed E-state index contributed by atoms with van der Waals surface area (Å²) in [7, 11) is -3.88. The van der Waals surface area contributed by atoms with Crippen LogP contribution in [0.25, 0.3) is 0 Å². The number of para-hydroxylation sites is 2. The molecule has 1 aliphatic rings. The van der Waals surface area contributed by atoms with E-state index in [4.69, 9.17) is 10.00 Å². The molecule has 0 aliphatic carbocycles. The van der Waals surface area contributed by atoms with Crippen molar-refractivity contribution in [3.05, 3.63) is 90.0 Å². The Kier molecular flexibility index (Phi) is 6.61. The molecule has 0 bridgehead atoms. The quantitative estimate of drug-likeness (QED) is 0.384. The maximum absolute atomic E-state index is 13.2. The number of benzene rings is 3. The number of hydrogen-bond donors (Lipinski definition) is 0. The van der Waals surface area contributed by atoms with Crippen LogP contribution in [-0.2, 0) is 26.0 Å². The predicted octanol–water partition coefficient (Wildman–Crippen LogP) is 3.15. The number of amides is 1. The summed E-state index contributed by atoms with van der Waals surface area (Å²) in [5.74, 6) is -1.41. The number of sulfonamides is 1. The average molecular weight is 476 g/mol. The number of carbonyl (C=O) groups excluding carboxylic acids is 2. The average Bonchev–Trinajstić information content (AvgIpc) is 3.31. The van der Waals surface area contributed by atoms with Gasteiger partial charge in [-0.3, -0.25) is 14.0 Å². The molecule has 34 heavy (non-hydrogen) atoms. The summed E-state index contributed by atoms with van der Waals surface area (Å²) in [5.41, 5.74) is 2.08. The highest BCUT2D eigenvalue weighted by atomic mass is 32.2. The van der Waals surface area contributed by atoms with Gasteiger partial charge in [0.1, 0.15) is 6.54 Å². The third-order valence-corrected chi connectivity index (χ3v) is 7.24. The Labute approximate surface area is 197 Å². The SMILES string of the molecule is N#CCN(C(=O)COC(=O)c1cccc(S(=O)(=O)N2CCc3ccccc32)c1)c1ccccc1. The third kappa shape index (κ3) is 4.63. The molecule has 0 saturated carbocycles. The molecule has 3 aromatic carbocycles. The molecule has 0 fully saturated rings. The van der Waals surface area contributed by atoms with Gasteiger partial charge in [0.25, 0.3) is 15.9 Å². The van der Waals surface area contributed by atoms with E-state index in [9.17, 15) is 18.0 Å². The van der Waals surface area contributed by atoms with Gasteiger partial charge < -0.3 is 4.74 Å². The van der Waals surface area contributed by atoms with Crippen LogP contribution < -0.4 is 9.21 Å². The number of rotatable bonds is 7. The zero-order chi connectivity index (χ0) is 24.1. The lowest BCUT2D eigenvalue weighted by molar-refractivity contribution is -0.121. The lowest BCUT2D eigenvalue weighted by Gasteiger charge is -2.20. The summed E-state index contributed by atoms with van der Waals surface area (Å²) in [4.78, 5) is 26.3. The standard InChI is InChI=1S/C25H21N3O5S/c26-14-16-27(21-9-2-1-3-10-21)24(29)18-33-25(30)20-8-6-11-22(17-20)34(31,32)28-15-13-19-7-4-5-12-23(19)28/h1-12,17H,13,15-16,18H2. The Morgan fingerprint density at radius 2 is 1.74 bits per heavy atom. The molecule has 1 aliphatic heterocycles. The van der Waals surface area contributed by atoms with Crippen LogP contribution in [0.15, 0.2) is 83.8 Å². The molecular formula is C25H21N3O5S. The maximum atomic E-state index is 13.2. The highest BCUT2D eigenvalue weighted by Crippen LogP contribution is 2.32. The molecule has 172 valence electrons. The van der Waals surface area contributed by atoms with Gasteiger partial charge in [-0.25, -0.2) is 13.2 Å². The molecule has 0 aromatic heterocycles. The Bertz CT molecular complexity index is 1370. The number of esters is 1. The second-order valence-electron chi connectivity index (χ2n) is 7.53. The van der Waals surface area contributed by atoms with E-state index in [-0.39, 0.29) is 17.0 Å². The summed E-state index contributed by atoms with van der Waals surface area (Å²) in [5, 5.41) is 9.05. The number of carbonyl (C=O) groups is 2. The fourth-order valence-corrected chi connectivity index (χ4v) is 5.31. The van der Waals surface area contributed by atoms with E-state index < -0.39 is 28.5 Å². The highest BCUT2D eigenvalue weighted by Gasteiger charge is 2.31. The van der Waals surface area contributed by atoms with Crippen molar-refractivity contribution in [3.63, 3.8) is 0 Å². The summed E-state index contributed by atoms with van der Waals surface area (Å²) in [6.07, 6.45) is 0.611. The van der Waals surface area contributed by atoms with Crippen molar-refractivity contribution < 1.29 is 22.7 Å². The van der Waals surface area contributed by atoms with E-state index in [1.54, 1.807) is 42.5 Å². The zero-order valence-corrected chi connectivity index (χ0v) is 18.9.